The third-order valence-electron chi connectivity index (χ3n) is 3.24. The van der Waals surface area contributed by atoms with Gasteiger partial charge in [-0.1, -0.05) is 11.6 Å². The zero-order valence-corrected chi connectivity index (χ0v) is 13.0. The normalized spacial score (nSPS) is 19.7. The highest BCUT2D eigenvalue weighted by Gasteiger charge is 2.41. The third-order valence-corrected chi connectivity index (χ3v) is 5.42. The number of esters is 1. The van der Waals surface area contributed by atoms with Crippen LogP contribution in [0.15, 0.2) is 23.1 Å². The SMILES string of the molecule is CCOC(=O)C1CCCN1S(=O)(=O)c1ccc(Cl)cc1F. The van der Waals surface area contributed by atoms with Gasteiger partial charge in [-0.3, -0.25) is 4.79 Å². The molecule has 21 heavy (non-hydrogen) atoms. The van der Waals surface area contributed by atoms with Crippen molar-refractivity contribution in [2.75, 3.05) is 13.2 Å². The van der Waals surface area contributed by atoms with Crippen molar-refractivity contribution in [1.29, 1.82) is 0 Å². The highest BCUT2D eigenvalue weighted by Crippen LogP contribution is 2.29. The summed E-state index contributed by atoms with van der Waals surface area (Å²) in [6.45, 7) is 1.97. The molecule has 1 heterocycles. The van der Waals surface area contributed by atoms with Crippen LogP contribution in [0.1, 0.15) is 19.8 Å². The molecular weight excluding hydrogens is 321 g/mol. The molecule has 0 aliphatic carbocycles. The number of hydrogen-bond acceptors (Lipinski definition) is 4. The van der Waals surface area contributed by atoms with Crippen LogP contribution in [-0.4, -0.2) is 37.9 Å². The van der Waals surface area contributed by atoms with Crippen LogP contribution in [0.4, 0.5) is 4.39 Å². The van der Waals surface area contributed by atoms with Crippen molar-refractivity contribution in [3.05, 3.63) is 29.0 Å². The second-order valence-electron chi connectivity index (χ2n) is 4.60. The summed E-state index contributed by atoms with van der Waals surface area (Å²) in [5.41, 5.74) is 0. The molecule has 0 bridgehead atoms. The van der Waals surface area contributed by atoms with Crippen molar-refractivity contribution in [2.24, 2.45) is 0 Å². The van der Waals surface area contributed by atoms with Gasteiger partial charge in [0.25, 0.3) is 0 Å². The molecule has 0 amide bonds. The molecule has 0 saturated carbocycles. The van der Waals surface area contributed by atoms with E-state index in [1.54, 1.807) is 6.92 Å². The van der Waals surface area contributed by atoms with Crippen molar-refractivity contribution in [1.82, 2.24) is 4.31 Å². The maximum absolute atomic E-state index is 13.9. The van der Waals surface area contributed by atoms with E-state index < -0.39 is 32.7 Å². The van der Waals surface area contributed by atoms with Crippen LogP contribution in [0.5, 0.6) is 0 Å². The van der Waals surface area contributed by atoms with Gasteiger partial charge in [0.1, 0.15) is 16.8 Å². The molecule has 1 aromatic carbocycles. The molecular formula is C13H15ClFNO4S. The lowest BCUT2D eigenvalue weighted by atomic mass is 10.2. The van der Waals surface area contributed by atoms with Crippen LogP contribution < -0.4 is 0 Å². The van der Waals surface area contributed by atoms with Gasteiger partial charge in [0, 0.05) is 11.6 Å². The van der Waals surface area contributed by atoms with E-state index in [0.717, 1.165) is 16.4 Å². The van der Waals surface area contributed by atoms with E-state index in [1.807, 2.05) is 0 Å². The summed E-state index contributed by atoms with van der Waals surface area (Å²) in [5, 5.41) is 0.106. The average Bonchev–Trinajstić information content (AvgIpc) is 2.88. The predicted molar refractivity (Wildman–Crippen MR) is 75.0 cm³/mol. The van der Waals surface area contributed by atoms with E-state index in [0.29, 0.717) is 12.8 Å². The largest absolute Gasteiger partial charge is 0.465 e. The molecule has 0 aromatic heterocycles. The van der Waals surface area contributed by atoms with Crippen LogP contribution in [0.25, 0.3) is 0 Å². The van der Waals surface area contributed by atoms with E-state index >= 15 is 0 Å². The molecule has 116 valence electrons. The number of halogens is 2. The fourth-order valence-corrected chi connectivity index (χ4v) is 4.17. The molecule has 0 N–H and O–H groups in total. The number of carbonyl (C=O) groups is 1. The molecule has 1 aliphatic rings. The lowest BCUT2D eigenvalue weighted by molar-refractivity contribution is -0.146. The Hall–Kier alpha value is -1.18. The van der Waals surface area contributed by atoms with E-state index in [1.165, 1.54) is 6.07 Å². The molecule has 8 heteroatoms. The fourth-order valence-electron chi connectivity index (χ4n) is 2.31. The lowest BCUT2D eigenvalue weighted by Gasteiger charge is -2.22. The van der Waals surface area contributed by atoms with E-state index in [9.17, 15) is 17.6 Å². The molecule has 1 fully saturated rings. The maximum Gasteiger partial charge on any atom is 0.324 e. The molecule has 1 aromatic rings. The summed E-state index contributed by atoms with van der Waals surface area (Å²) in [6.07, 6.45) is 0.894. The highest BCUT2D eigenvalue weighted by molar-refractivity contribution is 7.89. The predicted octanol–water partition coefficient (Wildman–Crippen LogP) is 2.20. The van der Waals surface area contributed by atoms with Gasteiger partial charge >= 0.3 is 5.97 Å². The van der Waals surface area contributed by atoms with Gasteiger partial charge in [0.15, 0.2) is 0 Å². The fraction of sp³-hybridized carbons (Fsp3) is 0.462. The Labute approximate surface area is 127 Å². The second-order valence-corrected chi connectivity index (χ2v) is 6.90. The number of ether oxygens (including phenoxy) is 1. The van der Waals surface area contributed by atoms with Crippen molar-refractivity contribution >= 4 is 27.6 Å². The Morgan fingerprint density at radius 3 is 2.86 bits per heavy atom. The van der Waals surface area contributed by atoms with Crippen LogP contribution >= 0.6 is 11.6 Å². The topological polar surface area (TPSA) is 63.7 Å². The van der Waals surface area contributed by atoms with Gasteiger partial charge in [-0.15, -0.1) is 0 Å². The Morgan fingerprint density at radius 1 is 1.52 bits per heavy atom. The number of sulfonamides is 1. The molecule has 1 atom stereocenters. The summed E-state index contributed by atoms with van der Waals surface area (Å²) in [5.74, 6) is -1.54. The summed E-state index contributed by atoms with van der Waals surface area (Å²) in [7, 11) is -4.10. The Bertz CT molecular complexity index is 650. The number of carbonyl (C=O) groups excluding carboxylic acids is 1. The summed E-state index contributed by atoms with van der Waals surface area (Å²) in [4.78, 5) is 11.3. The highest BCUT2D eigenvalue weighted by atomic mass is 35.5. The van der Waals surface area contributed by atoms with Crippen molar-refractivity contribution in [3.63, 3.8) is 0 Å². The second kappa shape index (κ2) is 6.29. The van der Waals surface area contributed by atoms with Gasteiger partial charge in [-0.05, 0) is 38.0 Å². The van der Waals surface area contributed by atoms with Crippen LogP contribution in [0, 0.1) is 5.82 Å². The molecule has 1 saturated heterocycles. The number of rotatable bonds is 4. The molecule has 2 rings (SSSR count). The summed E-state index contributed by atoms with van der Waals surface area (Å²) >= 11 is 5.62. The minimum atomic E-state index is -4.10. The first-order valence-corrected chi connectivity index (χ1v) is 8.33. The zero-order valence-electron chi connectivity index (χ0n) is 11.4. The monoisotopic (exact) mass is 335 g/mol. The molecule has 0 spiro atoms. The van der Waals surface area contributed by atoms with Gasteiger partial charge in [-0.2, -0.15) is 4.31 Å². The average molecular weight is 336 g/mol. The molecule has 1 aliphatic heterocycles. The quantitative estimate of drug-likeness (QED) is 0.791. The van der Waals surface area contributed by atoms with Crippen molar-refractivity contribution < 1.29 is 22.3 Å². The Kier molecular flexibility index (Phi) is 4.85. The zero-order chi connectivity index (χ0) is 15.6. The maximum atomic E-state index is 13.9. The van der Waals surface area contributed by atoms with E-state index in [4.69, 9.17) is 16.3 Å². The molecule has 0 radical (unpaired) electrons. The van der Waals surface area contributed by atoms with E-state index in [2.05, 4.69) is 0 Å². The third kappa shape index (κ3) is 3.20. The number of hydrogen-bond donors (Lipinski definition) is 0. The number of nitrogens with zero attached hydrogens (tertiary/aromatic N) is 1. The summed E-state index contributed by atoms with van der Waals surface area (Å²) in [6, 6.07) is 2.44. The van der Waals surface area contributed by atoms with E-state index in [-0.39, 0.29) is 18.2 Å². The van der Waals surface area contributed by atoms with Crippen LogP contribution in [0.2, 0.25) is 5.02 Å². The molecule has 1 unspecified atom stereocenters. The standard InChI is InChI=1S/C13H15ClFNO4S/c1-2-20-13(17)11-4-3-7-16(11)21(18,19)12-6-5-9(14)8-10(12)15/h5-6,8,11H,2-4,7H2,1H3. The Balaban J connectivity index is 2.36. The molecule has 5 nitrogen and oxygen atoms in total. The Morgan fingerprint density at radius 2 is 2.24 bits per heavy atom. The van der Waals surface area contributed by atoms with Gasteiger partial charge in [0.2, 0.25) is 10.0 Å². The van der Waals surface area contributed by atoms with Gasteiger partial charge in [-0.25, -0.2) is 12.8 Å². The first kappa shape index (κ1) is 16.2. The first-order valence-electron chi connectivity index (χ1n) is 6.51. The minimum Gasteiger partial charge on any atom is -0.465 e. The van der Waals surface area contributed by atoms with Gasteiger partial charge < -0.3 is 4.74 Å². The number of benzene rings is 1. The van der Waals surface area contributed by atoms with Gasteiger partial charge in [0.05, 0.1) is 6.61 Å². The summed E-state index contributed by atoms with van der Waals surface area (Å²) < 4.78 is 44.8. The first-order chi connectivity index (χ1) is 9.87. The van der Waals surface area contributed by atoms with Crippen molar-refractivity contribution in [3.8, 4) is 0 Å². The van der Waals surface area contributed by atoms with Crippen LogP contribution in [-0.2, 0) is 19.6 Å². The smallest absolute Gasteiger partial charge is 0.324 e. The lowest BCUT2D eigenvalue weighted by Crippen LogP contribution is -2.41. The van der Waals surface area contributed by atoms with Crippen molar-refractivity contribution in [2.45, 2.75) is 30.7 Å². The minimum absolute atomic E-state index is 0.106. The van der Waals surface area contributed by atoms with Crippen LogP contribution in [0.3, 0.4) is 0 Å².